The van der Waals surface area contributed by atoms with Crippen LogP contribution in [0.4, 0.5) is 5.82 Å². The van der Waals surface area contributed by atoms with Crippen molar-refractivity contribution in [1.29, 1.82) is 5.26 Å². The highest BCUT2D eigenvalue weighted by Gasteiger charge is 2.06. The van der Waals surface area contributed by atoms with E-state index in [0.717, 1.165) is 0 Å². The second-order valence-electron chi connectivity index (χ2n) is 2.14. The molecule has 0 spiro atoms. The molecule has 5 nitrogen and oxygen atoms in total. The Hall–Kier alpha value is -2.27. The molecule has 1 heterocycles. The van der Waals surface area contributed by atoms with Gasteiger partial charge in [0.05, 0.1) is 6.42 Å². The number of nitrogens with one attached hydrogen (secondary N) is 1. The third-order valence-electron chi connectivity index (χ3n) is 1.30. The van der Waals surface area contributed by atoms with E-state index in [0.29, 0.717) is 12.0 Å². The normalized spacial score (nSPS) is 8.23. The van der Waals surface area contributed by atoms with Gasteiger partial charge in [0.15, 0.2) is 5.82 Å². The van der Waals surface area contributed by atoms with Crippen molar-refractivity contribution in [3.8, 4) is 17.9 Å². The molecule has 3 N–H and O–H groups in total. The molecule has 0 aromatic carbocycles. The summed E-state index contributed by atoms with van der Waals surface area (Å²) in [7, 11) is 0. The Labute approximate surface area is 74.5 Å². The van der Waals surface area contributed by atoms with E-state index in [2.05, 4.69) is 22.0 Å². The third-order valence-corrected chi connectivity index (χ3v) is 1.30. The molecule has 13 heavy (non-hydrogen) atoms. The van der Waals surface area contributed by atoms with Crippen molar-refractivity contribution in [1.82, 2.24) is 10.2 Å². The minimum absolute atomic E-state index is 0.123. The van der Waals surface area contributed by atoms with E-state index in [-0.39, 0.29) is 17.8 Å². The van der Waals surface area contributed by atoms with Gasteiger partial charge in [-0.25, -0.2) is 0 Å². The van der Waals surface area contributed by atoms with Crippen LogP contribution in [-0.2, 0) is 4.79 Å². The van der Waals surface area contributed by atoms with Crippen LogP contribution in [0.1, 0.15) is 17.7 Å². The van der Waals surface area contributed by atoms with Crippen LogP contribution in [-0.4, -0.2) is 16.5 Å². The molecule has 1 aromatic heterocycles. The number of aromatic nitrogens is 2. The lowest BCUT2D eigenvalue weighted by Gasteiger charge is -1.81. The van der Waals surface area contributed by atoms with Crippen LogP contribution in [0.3, 0.4) is 0 Å². The van der Waals surface area contributed by atoms with E-state index >= 15 is 0 Å². The quantitative estimate of drug-likeness (QED) is 0.455. The zero-order valence-corrected chi connectivity index (χ0v) is 6.66. The highest BCUT2D eigenvalue weighted by atomic mass is 16.1. The molecule has 0 radical (unpaired) electrons. The van der Waals surface area contributed by atoms with E-state index in [4.69, 9.17) is 11.0 Å². The van der Waals surface area contributed by atoms with Gasteiger partial charge >= 0.3 is 0 Å². The first-order chi connectivity index (χ1) is 6.29. The zero-order chi connectivity index (χ0) is 9.68. The maximum atomic E-state index is 9.94. The van der Waals surface area contributed by atoms with E-state index < -0.39 is 0 Å². The number of nitrogen functional groups attached to an aromatic ring is 1. The van der Waals surface area contributed by atoms with E-state index in [1.165, 1.54) is 0 Å². The van der Waals surface area contributed by atoms with Crippen LogP contribution in [0, 0.1) is 23.2 Å². The van der Waals surface area contributed by atoms with Gasteiger partial charge < -0.3 is 10.5 Å². The van der Waals surface area contributed by atoms with Gasteiger partial charge in [-0.15, -0.1) is 0 Å². The highest BCUT2D eigenvalue weighted by molar-refractivity contribution is 5.58. The van der Waals surface area contributed by atoms with Crippen LogP contribution < -0.4 is 5.73 Å². The number of carbonyl (C=O) groups is 1. The summed E-state index contributed by atoms with van der Waals surface area (Å²) in [4.78, 5) is 9.94. The first-order valence-electron chi connectivity index (χ1n) is 3.46. The maximum absolute atomic E-state index is 9.94. The van der Waals surface area contributed by atoms with Crippen LogP contribution in [0.15, 0.2) is 0 Å². The zero-order valence-electron chi connectivity index (χ0n) is 6.66. The lowest BCUT2D eigenvalue weighted by Crippen LogP contribution is -1.87. The molecule has 0 saturated carbocycles. The van der Waals surface area contributed by atoms with Crippen molar-refractivity contribution < 1.29 is 4.79 Å². The number of nitrogens with two attached hydrogens (primary N) is 1. The number of H-pyrrole nitrogens is 1. The number of carbonyl (C=O) groups excluding carboxylic acids is 1. The summed E-state index contributed by atoms with van der Waals surface area (Å²) in [6.07, 6.45) is 0.808. The average Bonchev–Trinajstić information content (AvgIpc) is 2.47. The van der Waals surface area contributed by atoms with Crippen molar-refractivity contribution in [3.63, 3.8) is 0 Å². The highest BCUT2D eigenvalue weighted by Crippen LogP contribution is 2.09. The molecule has 0 saturated heterocycles. The average molecular weight is 174 g/mol. The van der Waals surface area contributed by atoms with Crippen LogP contribution in [0.25, 0.3) is 0 Å². The molecule has 0 amide bonds. The Balaban J connectivity index is 2.98. The number of nitriles is 1. The predicted molar refractivity (Wildman–Crippen MR) is 45.3 cm³/mol. The molecule has 0 bridgehead atoms. The van der Waals surface area contributed by atoms with Crippen LogP contribution in [0.5, 0.6) is 0 Å². The van der Waals surface area contributed by atoms with E-state index in [9.17, 15) is 4.79 Å². The Morgan fingerprint density at radius 2 is 2.46 bits per heavy atom. The maximum Gasteiger partial charge on any atom is 0.164 e. The molecule has 0 atom stereocenters. The molecule has 64 valence electrons. The molecular weight excluding hydrogens is 168 g/mol. The van der Waals surface area contributed by atoms with Crippen molar-refractivity contribution in [2.75, 3.05) is 5.73 Å². The number of aromatic amines is 1. The second kappa shape index (κ2) is 3.93. The van der Waals surface area contributed by atoms with Gasteiger partial charge in [-0.05, 0) is 5.92 Å². The van der Waals surface area contributed by atoms with Gasteiger partial charge in [-0.3, -0.25) is 5.10 Å². The van der Waals surface area contributed by atoms with Gasteiger partial charge in [0.25, 0.3) is 0 Å². The fourth-order valence-electron chi connectivity index (χ4n) is 0.741. The number of nitrogens with zero attached hydrogens (tertiary/aromatic N) is 2. The Kier molecular flexibility index (Phi) is 2.67. The predicted octanol–water partition coefficient (Wildman–Crippen LogP) is -0.196. The number of rotatable bonds is 1. The lowest BCUT2D eigenvalue weighted by molar-refractivity contribution is -0.107. The largest absolute Gasteiger partial charge is 0.381 e. The van der Waals surface area contributed by atoms with E-state index in [1.54, 1.807) is 0 Å². The van der Waals surface area contributed by atoms with Crippen molar-refractivity contribution in [2.24, 2.45) is 0 Å². The lowest BCUT2D eigenvalue weighted by atomic mass is 10.2. The van der Waals surface area contributed by atoms with Gasteiger partial charge in [-0.2, -0.15) is 10.4 Å². The Bertz CT molecular complexity index is 416. The number of hydrogen-bond acceptors (Lipinski definition) is 4. The van der Waals surface area contributed by atoms with Gasteiger partial charge in [0, 0.05) is 0 Å². The Morgan fingerprint density at radius 1 is 1.69 bits per heavy atom. The number of anilines is 1. The molecule has 0 aliphatic rings. The third kappa shape index (κ3) is 1.85. The molecule has 0 fully saturated rings. The summed E-state index contributed by atoms with van der Waals surface area (Å²) >= 11 is 0. The SMILES string of the molecule is N#Cc1c(N)n[nH]c1C#CCC=O. The topological polar surface area (TPSA) is 95.6 Å². The van der Waals surface area contributed by atoms with Crippen LogP contribution >= 0.6 is 0 Å². The summed E-state index contributed by atoms with van der Waals surface area (Å²) in [5.74, 6) is 5.25. The molecule has 0 aliphatic carbocycles. The Morgan fingerprint density at radius 3 is 3.08 bits per heavy atom. The monoisotopic (exact) mass is 174 g/mol. The summed E-state index contributed by atoms with van der Waals surface area (Å²) in [6.45, 7) is 0. The first-order valence-corrected chi connectivity index (χ1v) is 3.46. The van der Waals surface area contributed by atoms with E-state index in [1.807, 2.05) is 6.07 Å². The van der Waals surface area contributed by atoms with Crippen molar-refractivity contribution in [3.05, 3.63) is 11.3 Å². The first kappa shape index (κ1) is 8.82. The molecular formula is C8H6N4O. The van der Waals surface area contributed by atoms with Gasteiger partial charge in [0.1, 0.15) is 23.6 Å². The molecule has 0 unspecified atom stereocenters. The molecule has 0 aliphatic heterocycles. The summed E-state index contributed by atoms with van der Waals surface area (Å²) < 4.78 is 0. The van der Waals surface area contributed by atoms with Crippen molar-refractivity contribution in [2.45, 2.75) is 6.42 Å². The molecule has 1 rings (SSSR count). The minimum atomic E-state index is 0.123. The summed E-state index contributed by atoms with van der Waals surface area (Å²) in [6, 6.07) is 1.86. The van der Waals surface area contributed by atoms with Crippen LogP contribution in [0.2, 0.25) is 0 Å². The fraction of sp³-hybridized carbons (Fsp3) is 0.125. The fourth-order valence-corrected chi connectivity index (χ4v) is 0.741. The van der Waals surface area contributed by atoms with Gasteiger partial charge in [0.2, 0.25) is 0 Å². The molecule has 1 aromatic rings. The second-order valence-corrected chi connectivity index (χ2v) is 2.14. The summed E-state index contributed by atoms with van der Waals surface area (Å²) in [5, 5.41) is 14.7. The smallest absolute Gasteiger partial charge is 0.164 e. The number of hydrogen-bond donors (Lipinski definition) is 2. The van der Waals surface area contributed by atoms with Crippen molar-refractivity contribution >= 4 is 12.1 Å². The minimum Gasteiger partial charge on any atom is -0.381 e. The van der Waals surface area contributed by atoms with Gasteiger partial charge in [-0.1, -0.05) is 5.92 Å². The standard InChI is InChI=1S/C8H6N4O/c9-5-6-7(3-1-2-4-13)11-12-8(6)10/h4H,2H2,(H3,10,11,12). The summed E-state index contributed by atoms with van der Waals surface area (Å²) in [5.41, 5.74) is 5.92. The molecule has 5 heteroatoms. The number of aldehydes is 1.